The van der Waals surface area contributed by atoms with Crippen molar-refractivity contribution in [2.75, 3.05) is 0 Å². The molecular formula is C14H8F6. The SMILES string of the molecule is FC(F)(F)c1cccc(-c2ccccc2)c1C(F)(F)F. The predicted octanol–water partition coefficient (Wildman–Crippen LogP) is 5.39. The van der Waals surface area contributed by atoms with Gasteiger partial charge in [-0.1, -0.05) is 42.5 Å². The maximum Gasteiger partial charge on any atom is 0.417 e. The van der Waals surface area contributed by atoms with E-state index in [-0.39, 0.29) is 5.56 Å². The first-order valence-corrected chi connectivity index (χ1v) is 5.54. The highest BCUT2D eigenvalue weighted by atomic mass is 19.4. The average Bonchev–Trinajstić information content (AvgIpc) is 2.37. The van der Waals surface area contributed by atoms with Gasteiger partial charge in [0.2, 0.25) is 0 Å². The zero-order chi connectivity index (χ0) is 15.0. The fourth-order valence-electron chi connectivity index (χ4n) is 1.95. The topological polar surface area (TPSA) is 0 Å². The molecule has 0 aliphatic carbocycles. The smallest absolute Gasteiger partial charge is 0.166 e. The maximum absolute atomic E-state index is 13.0. The summed E-state index contributed by atoms with van der Waals surface area (Å²) in [5.74, 6) is 0. The number of benzene rings is 2. The van der Waals surface area contributed by atoms with Gasteiger partial charge in [-0.2, -0.15) is 26.3 Å². The summed E-state index contributed by atoms with van der Waals surface area (Å²) in [7, 11) is 0. The zero-order valence-corrected chi connectivity index (χ0v) is 9.89. The summed E-state index contributed by atoms with van der Waals surface area (Å²) in [6, 6.07) is 9.63. The van der Waals surface area contributed by atoms with Gasteiger partial charge in [-0.3, -0.25) is 0 Å². The molecule has 0 unspecified atom stereocenters. The van der Waals surface area contributed by atoms with Crippen LogP contribution in [0.5, 0.6) is 0 Å². The minimum atomic E-state index is -5.09. The lowest BCUT2D eigenvalue weighted by molar-refractivity contribution is -0.161. The minimum Gasteiger partial charge on any atom is -0.166 e. The Morgan fingerprint density at radius 1 is 0.600 bits per heavy atom. The van der Waals surface area contributed by atoms with Crippen LogP contribution < -0.4 is 0 Å². The van der Waals surface area contributed by atoms with E-state index in [0.717, 1.165) is 12.1 Å². The zero-order valence-electron chi connectivity index (χ0n) is 9.89. The molecule has 106 valence electrons. The Morgan fingerprint density at radius 2 is 1.20 bits per heavy atom. The molecule has 0 aliphatic heterocycles. The van der Waals surface area contributed by atoms with Gasteiger partial charge in [-0.05, 0) is 17.2 Å². The third kappa shape index (κ3) is 2.79. The van der Waals surface area contributed by atoms with Crippen LogP contribution in [0.1, 0.15) is 11.1 Å². The molecule has 2 aromatic carbocycles. The fourth-order valence-corrected chi connectivity index (χ4v) is 1.95. The number of alkyl halides is 6. The van der Waals surface area contributed by atoms with Gasteiger partial charge in [0.25, 0.3) is 0 Å². The summed E-state index contributed by atoms with van der Waals surface area (Å²) in [5, 5.41) is 0. The molecule has 0 saturated carbocycles. The van der Waals surface area contributed by atoms with Crippen molar-refractivity contribution in [3.8, 4) is 11.1 Å². The highest BCUT2D eigenvalue weighted by Crippen LogP contribution is 2.44. The van der Waals surface area contributed by atoms with Gasteiger partial charge in [0.1, 0.15) is 0 Å². The summed E-state index contributed by atoms with van der Waals surface area (Å²) in [5.41, 5.74) is -3.72. The van der Waals surface area contributed by atoms with Crippen molar-refractivity contribution in [1.29, 1.82) is 0 Å². The van der Waals surface area contributed by atoms with Gasteiger partial charge in [-0.25, -0.2) is 0 Å². The molecule has 0 N–H and O–H groups in total. The van der Waals surface area contributed by atoms with E-state index in [9.17, 15) is 26.3 Å². The summed E-state index contributed by atoms with van der Waals surface area (Å²) in [6.07, 6.45) is -10.1. The number of halogens is 6. The van der Waals surface area contributed by atoms with Gasteiger partial charge in [0.05, 0.1) is 11.1 Å². The molecule has 0 radical (unpaired) electrons. The van der Waals surface area contributed by atoms with Gasteiger partial charge < -0.3 is 0 Å². The summed E-state index contributed by atoms with van der Waals surface area (Å²) >= 11 is 0. The Kier molecular flexibility index (Phi) is 3.50. The molecule has 0 atom stereocenters. The molecule has 2 rings (SSSR count). The van der Waals surface area contributed by atoms with Crippen LogP contribution in [0.25, 0.3) is 11.1 Å². The Bertz CT molecular complexity index is 595. The molecule has 0 spiro atoms. The van der Waals surface area contributed by atoms with Crippen molar-refractivity contribution in [1.82, 2.24) is 0 Å². The second-order valence-corrected chi connectivity index (χ2v) is 4.09. The van der Waals surface area contributed by atoms with Crippen molar-refractivity contribution < 1.29 is 26.3 Å². The van der Waals surface area contributed by atoms with E-state index in [0.29, 0.717) is 6.07 Å². The number of rotatable bonds is 1. The first kappa shape index (κ1) is 14.4. The summed E-state index contributed by atoms with van der Waals surface area (Å²) in [4.78, 5) is 0. The van der Waals surface area contributed by atoms with E-state index in [1.54, 1.807) is 6.07 Å². The summed E-state index contributed by atoms with van der Waals surface area (Å²) in [6.45, 7) is 0. The van der Waals surface area contributed by atoms with Crippen molar-refractivity contribution >= 4 is 0 Å². The van der Waals surface area contributed by atoms with E-state index in [4.69, 9.17) is 0 Å². The quantitative estimate of drug-likeness (QED) is 0.618. The van der Waals surface area contributed by atoms with E-state index < -0.39 is 29.0 Å². The largest absolute Gasteiger partial charge is 0.417 e. The second-order valence-electron chi connectivity index (χ2n) is 4.09. The highest BCUT2D eigenvalue weighted by molar-refractivity contribution is 5.69. The fraction of sp³-hybridized carbons (Fsp3) is 0.143. The van der Waals surface area contributed by atoms with E-state index >= 15 is 0 Å². The molecule has 0 amide bonds. The van der Waals surface area contributed by atoms with Crippen LogP contribution in [0, 0.1) is 0 Å². The minimum absolute atomic E-state index is 0.0888. The molecule has 6 heteroatoms. The average molecular weight is 290 g/mol. The van der Waals surface area contributed by atoms with Crippen molar-refractivity contribution in [2.45, 2.75) is 12.4 Å². The van der Waals surface area contributed by atoms with Crippen molar-refractivity contribution in [3.63, 3.8) is 0 Å². The number of hydrogen-bond acceptors (Lipinski definition) is 0. The summed E-state index contributed by atoms with van der Waals surface area (Å²) < 4.78 is 77.4. The third-order valence-electron chi connectivity index (χ3n) is 2.74. The molecule has 20 heavy (non-hydrogen) atoms. The van der Waals surface area contributed by atoms with Crippen LogP contribution in [0.2, 0.25) is 0 Å². The molecule has 0 fully saturated rings. The van der Waals surface area contributed by atoms with Gasteiger partial charge in [0.15, 0.2) is 0 Å². The lowest BCUT2D eigenvalue weighted by Gasteiger charge is -2.19. The Morgan fingerprint density at radius 3 is 1.70 bits per heavy atom. The monoisotopic (exact) mass is 290 g/mol. The van der Waals surface area contributed by atoms with Crippen LogP contribution in [0.3, 0.4) is 0 Å². The molecule has 2 aromatic rings. The van der Waals surface area contributed by atoms with E-state index in [1.165, 1.54) is 24.3 Å². The van der Waals surface area contributed by atoms with Crippen LogP contribution in [-0.2, 0) is 12.4 Å². The van der Waals surface area contributed by atoms with Gasteiger partial charge in [-0.15, -0.1) is 0 Å². The highest BCUT2D eigenvalue weighted by Gasteiger charge is 2.44. The molecule has 0 saturated heterocycles. The first-order valence-electron chi connectivity index (χ1n) is 5.54. The first-order chi connectivity index (χ1) is 9.21. The third-order valence-corrected chi connectivity index (χ3v) is 2.74. The van der Waals surface area contributed by atoms with Crippen LogP contribution in [0.15, 0.2) is 48.5 Å². The van der Waals surface area contributed by atoms with Crippen molar-refractivity contribution in [3.05, 3.63) is 59.7 Å². The molecule has 0 bridgehead atoms. The Balaban J connectivity index is 2.77. The molecule has 0 nitrogen and oxygen atoms in total. The van der Waals surface area contributed by atoms with Crippen LogP contribution in [0.4, 0.5) is 26.3 Å². The van der Waals surface area contributed by atoms with Crippen molar-refractivity contribution in [2.24, 2.45) is 0 Å². The lowest BCUT2D eigenvalue weighted by atomic mass is 9.94. The molecular weight excluding hydrogens is 282 g/mol. The second kappa shape index (κ2) is 4.85. The molecule has 0 heterocycles. The Hall–Kier alpha value is -1.98. The molecule has 0 aromatic heterocycles. The van der Waals surface area contributed by atoms with E-state index in [2.05, 4.69) is 0 Å². The lowest BCUT2D eigenvalue weighted by Crippen LogP contribution is -2.17. The normalized spacial score (nSPS) is 12.5. The molecule has 0 aliphatic rings. The predicted molar refractivity (Wildman–Crippen MR) is 61.9 cm³/mol. The van der Waals surface area contributed by atoms with Gasteiger partial charge >= 0.3 is 12.4 Å². The van der Waals surface area contributed by atoms with Gasteiger partial charge in [0, 0.05) is 0 Å². The standard InChI is InChI=1S/C14H8F6/c15-13(16,17)11-8-4-7-10(12(11)14(18,19)20)9-5-2-1-3-6-9/h1-8H. The number of hydrogen-bond donors (Lipinski definition) is 0. The van der Waals surface area contributed by atoms with Crippen LogP contribution >= 0.6 is 0 Å². The maximum atomic E-state index is 13.0. The Labute approximate surface area is 110 Å². The van der Waals surface area contributed by atoms with Crippen LogP contribution in [-0.4, -0.2) is 0 Å². The van der Waals surface area contributed by atoms with E-state index in [1.807, 2.05) is 0 Å².